The molecule has 5 nitrogen and oxygen atoms in total. The van der Waals surface area contributed by atoms with Crippen LogP contribution in [0.15, 0.2) is 24.3 Å². The average molecular weight is 278 g/mol. The smallest absolute Gasteiger partial charge is 0.252 e. The molecule has 0 saturated carbocycles. The number of nitrogens with zero attached hydrogens (tertiary/aromatic N) is 1. The van der Waals surface area contributed by atoms with Gasteiger partial charge in [0.1, 0.15) is 18.5 Å². The topological polar surface area (TPSA) is 50.8 Å². The average Bonchev–Trinajstić information content (AvgIpc) is 2.49. The lowest BCUT2D eigenvalue weighted by Crippen LogP contribution is -2.49. The number of ether oxygens (including phenoxy) is 2. The minimum Gasteiger partial charge on any atom is -0.492 e. The number of benzene rings is 1. The van der Waals surface area contributed by atoms with E-state index in [1.54, 1.807) is 11.9 Å². The van der Waals surface area contributed by atoms with E-state index in [-0.39, 0.29) is 12.0 Å². The SMILES string of the molecule is Cc1ccc(OCCN(C)C(=O)C2CNCCO2)cc1. The number of carbonyl (C=O) groups excluding carboxylic acids is 1. The largest absolute Gasteiger partial charge is 0.492 e. The Morgan fingerprint density at radius 3 is 2.85 bits per heavy atom. The van der Waals surface area contributed by atoms with E-state index >= 15 is 0 Å². The molecule has 1 saturated heterocycles. The van der Waals surface area contributed by atoms with E-state index in [0.29, 0.717) is 26.3 Å². The van der Waals surface area contributed by atoms with Crippen molar-refractivity contribution in [3.63, 3.8) is 0 Å². The summed E-state index contributed by atoms with van der Waals surface area (Å²) < 4.78 is 11.1. The van der Waals surface area contributed by atoms with Gasteiger partial charge in [-0.3, -0.25) is 4.79 Å². The molecule has 1 aromatic rings. The van der Waals surface area contributed by atoms with Crippen molar-refractivity contribution < 1.29 is 14.3 Å². The maximum absolute atomic E-state index is 12.1. The lowest BCUT2D eigenvalue weighted by Gasteiger charge is -2.27. The van der Waals surface area contributed by atoms with E-state index in [0.717, 1.165) is 12.3 Å². The van der Waals surface area contributed by atoms with E-state index in [2.05, 4.69) is 5.32 Å². The number of carbonyl (C=O) groups is 1. The zero-order valence-electron chi connectivity index (χ0n) is 12.1. The molecule has 1 atom stereocenters. The fourth-order valence-electron chi connectivity index (χ4n) is 2.01. The highest BCUT2D eigenvalue weighted by molar-refractivity contribution is 5.81. The molecule has 110 valence electrons. The highest BCUT2D eigenvalue weighted by atomic mass is 16.5. The molecule has 1 aliphatic heterocycles. The molecular formula is C15H22N2O3. The van der Waals surface area contributed by atoms with Crippen LogP contribution in [0.2, 0.25) is 0 Å². The van der Waals surface area contributed by atoms with Crippen LogP contribution in [-0.2, 0) is 9.53 Å². The molecule has 0 spiro atoms. The van der Waals surface area contributed by atoms with Crippen molar-refractivity contribution in [2.24, 2.45) is 0 Å². The van der Waals surface area contributed by atoms with Crippen molar-refractivity contribution in [2.75, 3.05) is 39.9 Å². The van der Waals surface area contributed by atoms with Gasteiger partial charge in [0.15, 0.2) is 0 Å². The molecule has 1 heterocycles. The van der Waals surface area contributed by atoms with Gasteiger partial charge < -0.3 is 19.7 Å². The molecule has 1 amide bonds. The second-order valence-electron chi connectivity index (χ2n) is 4.98. The van der Waals surface area contributed by atoms with Crippen LogP contribution in [0, 0.1) is 6.92 Å². The fourth-order valence-corrected chi connectivity index (χ4v) is 2.01. The first-order valence-electron chi connectivity index (χ1n) is 6.93. The van der Waals surface area contributed by atoms with Gasteiger partial charge in [0.25, 0.3) is 5.91 Å². The Kier molecular flexibility index (Phi) is 5.38. The number of nitrogens with one attached hydrogen (secondary N) is 1. The molecule has 5 heteroatoms. The monoisotopic (exact) mass is 278 g/mol. The van der Waals surface area contributed by atoms with E-state index < -0.39 is 0 Å². The summed E-state index contributed by atoms with van der Waals surface area (Å²) >= 11 is 0. The lowest BCUT2D eigenvalue weighted by atomic mass is 10.2. The molecule has 1 aromatic carbocycles. The van der Waals surface area contributed by atoms with Gasteiger partial charge in [-0.15, -0.1) is 0 Å². The Morgan fingerprint density at radius 2 is 2.20 bits per heavy atom. The van der Waals surface area contributed by atoms with Crippen LogP contribution < -0.4 is 10.1 Å². The van der Waals surface area contributed by atoms with Gasteiger partial charge in [-0.05, 0) is 19.1 Å². The summed E-state index contributed by atoms with van der Waals surface area (Å²) in [5.41, 5.74) is 1.20. The highest BCUT2D eigenvalue weighted by Crippen LogP contribution is 2.11. The van der Waals surface area contributed by atoms with Crippen LogP contribution in [0.4, 0.5) is 0 Å². The van der Waals surface area contributed by atoms with Crippen LogP contribution >= 0.6 is 0 Å². The highest BCUT2D eigenvalue weighted by Gasteiger charge is 2.24. The van der Waals surface area contributed by atoms with Crippen LogP contribution in [0.25, 0.3) is 0 Å². The fraction of sp³-hybridized carbons (Fsp3) is 0.533. The van der Waals surface area contributed by atoms with Crippen molar-refractivity contribution in [1.29, 1.82) is 0 Å². The van der Waals surface area contributed by atoms with E-state index in [4.69, 9.17) is 9.47 Å². The minimum absolute atomic E-state index is 0.00436. The van der Waals surface area contributed by atoms with Crippen LogP contribution in [-0.4, -0.2) is 56.8 Å². The molecular weight excluding hydrogens is 256 g/mol. The molecule has 0 radical (unpaired) electrons. The summed E-state index contributed by atoms with van der Waals surface area (Å²) in [5.74, 6) is 0.830. The maximum Gasteiger partial charge on any atom is 0.252 e. The number of rotatable bonds is 5. The predicted octanol–water partition coefficient (Wildman–Crippen LogP) is 0.821. The number of hydrogen-bond acceptors (Lipinski definition) is 4. The van der Waals surface area contributed by atoms with Gasteiger partial charge in [-0.25, -0.2) is 0 Å². The van der Waals surface area contributed by atoms with Gasteiger partial charge >= 0.3 is 0 Å². The summed E-state index contributed by atoms with van der Waals surface area (Å²) in [7, 11) is 1.78. The third kappa shape index (κ3) is 4.21. The van der Waals surface area contributed by atoms with Gasteiger partial charge in [-0.2, -0.15) is 0 Å². The quantitative estimate of drug-likeness (QED) is 0.866. The van der Waals surface area contributed by atoms with E-state index in [1.165, 1.54) is 5.56 Å². The standard InChI is InChI=1S/C15H22N2O3/c1-12-3-5-13(6-4-12)19-10-8-17(2)15(18)14-11-16-7-9-20-14/h3-6,14,16H,7-11H2,1-2H3. The zero-order valence-corrected chi connectivity index (χ0v) is 12.1. The molecule has 1 fully saturated rings. The first-order valence-corrected chi connectivity index (χ1v) is 6.93. The molecule has 1 N–H and O–H groups in total. The van der Waals surface area contributed by atoms with Crippen molar-refractivity contribution in [3.05, 3.63) is 29.8 Å². The number of morpholine rings is 1. The molecule has 20 heavy (non-hydrogen) atoms. The third-order valence-corrected chi connectivity index (χ3v) is 3.30. The molecule has 0 aliphatic carbocycles. The van der Waals surface area contributed by atoms with Crippen molar-refractivity contribution in [2.45, 2.75) is 13.0 Å². The van der Waals surface area contributed by atoms with Crippen LogP contribution in [0.3, 0.4) is 0 Å². The molecule has 2 rings (SSSR count). The summed E-state index contributed by atoms with van der Waals surface area (Å²) in [4.78, 5) is 13.7. The Labute approximate surface area is 119 Å². The summed E-state index contributed by atoms with van der Waals surface area (Å²) in [6.07, 6.45) is -0.367. The van der Waals surface area contributed by atoms with Crippen molar-refractivity contribution in [1.82, 2.24) is 10.2 Å². The third-order valence-electron chi connectivity index (χ3n) is 3.30. The van der Waals surface area contributed by atoms with Gasteiger partial charge in [0.05, 0.1) is 13.2 Å². The van der Waals surface area contributed by atoms with Gasteiger partial charge in [-0.1, -0.05) is 17.7 Å². The molecule has 0 aromatic heterocycles. The second kappa shape index (κ2) is 7.26. The molecule has 1 aliphatic rings. The number of amides is 1. The molecule has 1 unspecified atom stereocenters. The van der Waals surface area contributed by atoms with Crippen LogP contribution in [0.1, 0.15) is 5.56 Å². The minimum atomic E-state index is -0.367. The Hall–Kier alpha value is -1.59. The van der Waals surface area contributed by atoms with Gasteiger partial charge in [0, 0.05) is 20.1 Å². The number of likely N-dealkylation sites (N-methyl/N-ethyl adjacent to an activating group) is 1. The summed E-state index contributed by atoms with van der Waals surface area (Å²) in [6.45, 7) is 5.04. The normalized spacial score (nSPS) is 18.6. The second-order valence-corrected chi connectivity index (χ2v) is 4.98. The van der Waals surface area contributed by atoms with Crippen LogP contribution in [0.5, 0.6) is 5.75 Å². The lowest BCUT2D eigenvalue weighted by molar-refractivity contribution is -0.144. The predicted molar refractivity (Wildman–Crippen MR) is 76.9 cm³/mol. The Bertz CT molecular complexity index is 427. The molecule has 0 bridgehead atoms. The Morgan fingerprint density at radius 1 is 1.45 bits per heavy atom. The maximum atomic E-state index is 12.1. The van der Waals surface area contributed by atoms with Crippen molar-refractivity contribution in [3.8, 4) is 5.75 Å². The summed E-state index contributed by atoms with van der Waals surface area (Å²) in [6, 6.07) is 7.88. The zero-order chi connectivity index (χ0) is 14.4. The van der Waals surface area contributed by atoms with E-state index in [1.807, 2.05) is 31.2 Å². The number of aryl methyl sites for hydroxylation is 1. The first-order chi connectivity index (χ1) is 9.66. The number of hydrogen-bond donors (Lipinski definition) is 1. The summed E-state index contributed by atoms with van der Waals surface area (Å²) in [5, 5.41) is 3.15. The van der Waals surface area contributed by atoms with E-state index in [9.17, 15) is 4.79 Å². The first kappa shape index (κ1) is 14.8. The van der Waals surface area contributed by atoms with Crippen molar-refractivity contribution >= 4 is 5.91 Å². The Balaban J connectivity index is 1.72. The van der Waals surface area contributed by atoms with Gasteiger partial charge in [0.2, 0.25) is 0 Å².